The maximum Gasteiger partial charge on any atom is 0.240 e. The van der Waals surface area contributed by atoms with Crippen molar-refractivity contribution in [3.8, 4) is 0 Å². The third-order valence-corrected chi connectivity index (χ3v) is 8.47. The van der Waals surface area contributed by atoms with Crippen LogP contribution in [0.25, 0.3) is 0 Å². The predicted octanol–water partition coefficient (Wildman–Crippen LogP) is 1.92. The zero-order valence-corrected chi connectivity index (χ0v) is 23.9. The molecule has 0 bridgehead atoms. The van der Waals surface area contributed by atoms with Crippen molar-refractivity contribution in [3.63, 3.8) is 0 Å². The van der Waals surface area contributed by atoms with Gasteiger partial charge >= 0.3 is 0 Å². The maximum absolute atomic E-state index is 11.8. The first-order valence-electron chi connectivity index (χ1n) is 13.2. The number of nitrogens with zero attached hydrogens (tertiary/aromatic N) is 5. The van der Waals surface area contributed by atoms with E-state index in [1.165, 1.54) is 44.9 Å². The Morgan fingerprint density at radius 1 is 0.974 bits per heavy atom. The third kappa shape index (κ3) is 7.88. The van der Waals surface area contributed by atoms with Crippen molar-refractivity contribution in [2.75, 3.05) is 86.9 Å². The lowest BCUT2D eigenvalue weighted by molar-refractivity contribution is 0.352. The first kappa shape index (κ1) is 28.3. The lowest BCUT2D eigenvalue weighted by Gasteiger charge is -2.22. The minimum atomic E-state index is -3.45. The molecule has 11 nitrogen and oxygen atoms in total. The van der Waals surface area contributed by atoms with Crippen LogP contribution in [0.3, 0.4) is 0 Å². The molecular formula is C25H39N9O2S2. The number of sulfonamides is 1. The van der Waals surface area contributed by atoms with Crippen LogP contribution in [0.2, 0.25) is 0 Å². The Morgan fingerprint density at radius 3 is 2.26 bits per heavy atom. The van der Waals surface area contributed by atoms with Crippen LogP contribution in [-0.4, -0.2) is 94.9 Å². The van der Waals surface area contributed by atoms with Gasteiger partial charge in [-0.3, -0.25) is 0 Å². The maximum atomic E-state index is 11.8. The first-order valence-corrected chi connectivity index (χ1v) is 15.1. The standard InChI is InChI=1S/C25H39N9O2S2/c1-26-38(35,36)21-9-7-20(8-10-21)29-25(37)28-12-18-32(2)17-11-27-22-19-23(33-13-3-4-14-33)31-24(30-22)34-15-5-6-16-34/h7-10,19,26H,3-6,11-18H2,1-2H3,(H,27,30,31)(H2,28,29,37). The van der Waals surface area contributed by atoms with Crippen LogP contribution in [0.15, 0.2) is 35.2 Å². The van der Waals surface area contributed by atoms with Gasteiger partial charge in [0.2, 0.25) is 16.0 Å². The molecule has 1 aromatic heterocycles. The molecule has 0 radical (unpaired) electrons. The molecule has 2 aliphatic heterocycles. The molecule has 0 aliphatic carbocycles. The molecule has 0 saturated carbocycles. The molecule has 2 saturated heterocycles. The van der Waals surface area contributed by atoms with E-state index in [4.69, 9.17) is 22.2 Å². The molecule has 2 aliphatic rings. The van der Waals surface area contributed by atoms with Crippen LogP contribution in [0.1, 0.15) is 25.7 Å². The summed E-state index contributed by atoms with van der Waals surface area (Å²) < 4.78 is 26.0. The zero-order valence-electron chi connectivity index (χ0n) is 22.2. The molecule has 0 amide bonds. The number of thiocarbonyl (C=S) groups is 1. The SMILES string of the molecule is CNS(=O)(=O)c1ccc(NC(=S)NCCN(C)CCNc2cc(N3CCCC3)nc(N3CCCC3)n2)cc1. The van der Waals surface area contributed by atoms with Gasteiger partial charge in [0.05, 0.1) is 4.90 Å². The Balaban J connectivity index is 1.20. The number of hydrogen-bond donors (Lipinski definition) is 4. The van der Waals surface area contributed by atoms with E-state index in [0.717, 1.165) is 69.1 Å². The van der Waals surface area contributed by atoms with Crippen LogP contribution in [0.5, 0.6) is 0 Å². The van der Waals surface area contributed by atoms with Crippen molar-refractivity contribution < 1.29 is 8.42 Å². The van der Waals surface area contributed by atoms with E-state index in [9.17, 15) is 8.42 Å². The van der Waals surface area contributed by atoms with E-state index in [-0.39, 0.29) is 4.90 Å². The van der Waals surface area contributed by atoms with Gasteiger partial charge in [-0.25, -0.2) is 13.1 Å². The van der Waals surface area contributed by atoms with Crippen molar-refractivity contribution in [3.05, 3.63) is 30.3 Å². The fourth-order valence-electron chi connectivity index (χ4n) is 4.54. The van der Waals surface area contributed by atoms with Crippen LogP contribution in [0.4, 0.5) is 23.3 Å². The summed E-state index contributed by atoms with van der Waals surface area (Å²) in [5.74, 6) is 2.75. The summed E-state index contributed by atoms with van der Waals surface area (Å²) in [7, 11) is 0.0114. The van der Waals surface area contributed by atoms with Gasteiger partial charge in [-0.15, -0.1) is 0 Å². The Hall–Kier alpha value is -2.74. The highest BCUT2D eigenvalue weighted by molar-refractivity contribution is 7.89. The van der Waals surface area contributed by atoms with Crippen LogP contribution < -0.4 is 30.5 Å². The van der Waals surface area contributed by atoms with Crippen molar-refractivity contribution >= 4 is 50.6 Å². The number of rotatable bonds is 12. The molecule has 0 unspecified atom stereocenters. The Morgan fingerprint density at radius 2 is 1.61 bits per heavy atom. The second-order valence-corrected chi connectivity index (χ2v) is 11.9. The monoisotopic (exact) mass is 561 g/mol. The lowest BCUT2D eigenvalue weighted by atomic mass is 10.3. The van der Waals surface area contributed by atoms with Crippen LogP contribution in [0, 0.1) is 0 Å². The van der Waals surface area contributed by atoms with Crippen molar-refractivity contribution in [1.29, 1.82) is 0 Å². The second kappa shape index (κ2) is 13.4. The molecule has 0 atom stereocenters. The summed E-state index contributed by atoms with van der Waals surface area (Å²) >= 11 is 5.38. The summed E-state index contributed by atoms with van der Waals surface area (Å²) in [6.07, 6.45) is 4.84. The number of nitrogens with one attached hydrogen (secondary N) is 4. The molecule has 208 valence electrons. The average molecular weight is 562 g/mol. The van der Waals surface area contributed by atoms with Crippen molar-refractivity contribution in [1.82, 2.24) is 24.9 Å². The molecular weight excluding hydrogens is 522 g/mol. The Bertz CT molecular complexity index is 1130. The summed E-state index contributed by atoms with van der Waals surface area (Å²) in [4.78, 5) is 16.8. The third-order valence-electron chi connectivity index (χ3n) is 6.79. The van der Waals surface area contributed by atoms with Gasteiger partial charge in [0.1, 0.15) is 11.6 Å². The number of aromatic nitrogens is 2. The highest BCUT2D eigenvalue weighted by Crippen LogP contribution is 2.25. The van der Waals surface area contributed by atoms with Gasteiger partial charge in [-0.05, 0) is 76.3 Å². The number of likely N-dealkylation sites (N-methyl/N-ethyl adjacent to an activating group) is 1. The van der Waals surface area contributed by atoms with Gasteiger partial charge in [0, 0.05) is 64.1 Å². The van der Waals surface area contributed by atoms with Crippen molar-refractivity contribution in [2.24, 2.45) is 0 Å². The quantitative estimate of drug-likeness (QED) is 0.285. The van der Waals surface area contributed by atoms with Crippen LogP contribution in [-0.2, 0) is 10.0 Å². The predicted molar refractivity (Wildman–Crippen MR) is 158 cm³/mol. The molecule has 0 spiro atoms. The average Bonchev–Trinajstić information content (AvgIpc) is 3.64. The van der Waals surface area contributed by atoms with Gasteiger partial charge in [-0.2, -0.15) is 9.97 Å². The summed E-state index contributed by atoms with van der Waals surface area (Å²) in [6.45, 7) is 7.29. The van der Waals surface area contributed by atoms with E-state index in [1.54, 1.807) is 12.1 Å². The molecule has 4 rings (SSSR count). The molecule has 2 aromatic rings. The van der Waals surface area contributed by atoms with Gasteiger partial charge < -0.3 is 30.7 Å². The van der Waals surface area contributed by atoms with E-state index in [1.807, 2.05) is 0 Å². The second-order valence-electron chi connectivity index (χ2n) is 9.64. The number of hydrogen-bond acceptors (Lipinski definition) is 9. The molecule has 3 heterocycles. The molecule has 38 heavy (non-hydrogen) atoms. The van der Waals surface area contributed by atoms with Gasteiger partial charge in [-0.1, -0.05) is 0 Å². The fraction of sp³-hybridized carbons (Fsp3) is 0.560. The summed E-state index contributed by atoms with van der Waals surface area (Å²) in [5, 5.41) is 10.3. The molecule has 4 N–H and O–H groups in total. The number of anilines is 4. The van der Waals surface area contributed by atoms with E-state index < -0.39 is 10.0 Å². The van der Waals surface area contributed by atoms with E-state index in [0.29, 0.717) is 11.7 Å². The normalized spacial score (nSPS) is 15.8. The van der Waals surface area contributed by atoms with E-state index in [2.05, 4.69) is 48.5 Å². The van der Waals surface area contributed by atoms with Gasteiger partial charge in [0.25, 0.3) is 0 Å². The molecule has 13 heteroatoms. The smallest absolute Gasteiger partial charge is 0.240 e. The van der Waals surface area contributed by atoms with Crippen LogP contribution >= 0.6 is 12.2 Å². The molecule has 1 aromatic carbocycles. The Kier molecular flexibility index (Phi) is 9.94. The fourth-order valence-corrected chi connectivity index (χ4v) is 5.49. The minimum Gasteiger partial charge on any atom is -0.369 e. The Labute approximate surface area is 231 Å². The van der Waals surface area contributed by atoms with E-state index >= 15 is 0 Å². The summed E-state index contributed by atoms with van der Waals surface area (Å²) in [5.41, 5.74) is 0.724. The highest BCUT2D eigenvalue weighted by atomic mass is 32.2. The zero-order chi connectivity index (χ0) is 27.0. The largest absolute Gasteiger partial charge is 0.369 e. The topological polar surface area (TPSA) is 118 Å². The number of benzene rings is 1. The lowest BCUT2D eigenvalue weighted by Crippen LogP contribution is -2.36. The highest BCUT2D eigenvalue weighted by Gasteiger charge is 2.20. The molecule has 2 fully saturated rings. The first-order chi connectivity index (χ1) is 18.3. The minimum absolute atomic E-state index is 0.209. The summed E-state index contributed by atoms with van der Waals surface area (Å²) in [6, 6.07) is 8.53. The van der Waals surface area contributed by atoms with Gasteiger partial charge in [0.15, 0.2) is 5.11 Å². The van der Waals surface area contributed by atoms with Crippen molar-refractivity contribution in [2.45, 2.75) is 30.6 Å².